The largest absolute Gasteiger partial charge is 0.459 e. The summed E-state index contributed by atoms with van der Waals surface area (Å²) in [5, 5.41) is 3.31. The van der Waals surface area contributed by atoms with Gasteiger partial charge >= 0.3 is 5.97 Å². The van der Waals surface area contributed by atoms with Gasteiger partial charge in [-0.1, -0.05) is 6.42 Å². The summed E-state index contributed by atoms with van der Waals surface area (Å²) >= 11 is 0. The molecule has 2 rings (SSSR count). The lowest BCUT2D eigenvalue weighted by Gasteiger charge is -2.24. The highest BCUT2D eigenvalue weighted by atomic mass is 16.6. The summed E-state index contributed by atoms with van der Waals surface area (Å²) in [7, 11) is 0. The molecule has 0 amide bonds. The van der Waals surface area contributed by atoms with Gasteiger partial charge < -0.3 is 10.1 Å². The van der Waals surface area contributed by atoms with E-state index in [1.165, 1.54) is 19.3 Å². The Kier molecular flexibility index (Phi) is 2.75. The van der Waals surface area contributed by atoms with Gasteiger partial charge in [-0.25, -0.2) is 0 Å². The molecule has 0 radical (unpaired) electrons. The summed E-state index contributed by atoms with van der Waals surface area (Å²) in [6.45, 7) is 6.76. The van der Waals surface area contributed by atoms with Crippen molar-refractivity contribution in [2.75, 3.05) is 6.54 Å². The van der Waals surface area contributed by atoms with Crippen LogP contribution in [-0.4, -0.2) is 24.2 Å². The van der Waals surface area contributed by atoms with Crippen LogP contribution in [0.25, 0.3) is 0 Å². The molecule has 0 aromatic rings. The van der Waals surface area contributed by atoms with Crippen LogP contribution in [0.5, 0.6) is 0 Å². The molecular formula is C12H21NO2. The Balaban J connectivity index is 1.96. The normalized spacial score (nSPS) is 35.3. The maximum atomic E-state index is 11.9. The SMILES string of the molecule is CC(C)(C)OC(=O)[C@H]1NC[C@@H]2CCC[C@@H]21. The van der Waals surface area contributed by atoms with E-state index in [0.29, 0.717) is 11.8 Å². The molecule has 0 bridgehead atoms. The van der Waals surface area contributed by atoms with E-state index in [2.05, 4.69) is 5.32 Å². The van der Waals surface area contributed by atoms with Crippen molar-refractivity contribution in [1.29, 1.82) is 0 Å². The second-order valence-electron chi connectivity index (χ2n) is 5.77. The highest BCUT2D eigenvalue weighted by Gasteiger charge is 2.43. The first-order valence-corrected chi connectivity index (χ1v) is 5.93. The highest BCUT2D eigenvalue weighted by molar-refractivity contribution is 5.77. The Hall–Kier alpha value is -0.570. The zero-order valence-electron chi connectivity index (χ0n) is 9.88. The summed E-state index contributed by atoms with van der Waals surface area (Å²) in [6, 6.07) is -0.0447. The lowest BCUT2D eigenvalue weighted by Crippen LogP contribution is -2.40. The Labute approximate surface area is 91.6 Å². The van der Waals surface area contributed by atoms with Crippen LogP contribution in [0.3, 0.4) is 0 Å². The number of fused-ring (bicyclic) bond motifs is 1. The Morgan fingerprint density at radius 3 is 2.73 bits per heavy atom. The van der Waals surface area contributed by atoms with Crippen molar-refractivity contribution in [2.45, 2.75) is 51.7 Å². The molecule has 15 heavy (non-hydrogen) atoms. The third kappa shape index (κ3) is 2.33. The molecule has 2 aliphatic rings. The van der Waals surface area contributed by atoms with E-state index < -0.39 is 0 Å². The predicted molar refractivity (Wildman–Crippen MR) is 58.5 cm³/mol. The molecule has 86 valence electrons. The van der Waals surface area contributed by atoms with E-state index in [-0.39, 0.29) is 17.6 Å². The number of nitrogens with one attached hydrogen (secondary N) is 1. The van der Waals surface area contributed by atoms with Crippen molar-refractivity contribution in [3.05, 3.63) is 0 Å². The summed E-state index contributed by atoms with van der Waals surface area (Å²) in [5.41, 5.74) is -0.366. The van der Waals surface area contributed by atoms with E-state index in [1.807, 2.05) is 20.8 Å². The van der Waals surface area contributed by atoms with Gasteiger partial charge in [-0.05, 0) is 52.0 Å². The molecule has 1 N–H and O–H groups in total. The molecule has 1 aliphatic heterocycles. The van der Waals surface area contributed by atoms with Crippen molar-refractivity contribution in [2.24, 2.45) is 11.8 Å². The first kappa shape index (κ1) is 10.9. The van der Waals surface area contributed by atoms with Gasteiger partial charge in [0.2, 0.25) is 0 Å². The average molecular weight is 211 g/mol. The monoisotopic (exact) mass is 211 g/mol. The first-order valence-electron chi connectivity index (χ1n) is 5.93. The van der Waals surface area contributed by atoms with Crippen molar-refractivity contribution in [1.82, 2.24) is 5.32 Å². The molecular weight excluding hydrogens is 190 g/mol. The van der Waals surface area contributed by atoms with Crippen LogP contribution < -0.4 is 5.32 Å². The number of carbonyl (C=O) groups is 1. The molecule has 3 atom stereocenters. The van der Waals surface area contributed by atoms with Crippen molar-refractivity contribution >= 4 is 5.97 Å². The van der Waals surface area contributed by atoms with Crippen molar-refractivity contribution < 1.29 is 9.53 Å². The van der Waals surface area contributed by atoms with Crippen molar-refractivity contribution in [3.63, 3.8) is 0 Å². The topological polar surface area (TPSA) is 38.3 Å². The molecule has 3 heteroatoms. The summed E-state index contributed by atoms with van der Waals surface area (Å²) in [4.78, 5) is 11.9. The fourth-order valence-corrected chi connectivity index (χ4v) is 2.81. The molecule has 1 aliphatic carbocycles. The van der Waals surface area contributed by atoms with Crippen LogP contribution in [0, 0.1) is 11.8 Å². The van der Waals surface area contributed by atoms with E-state index in [4.69, 9.17) is 4.74 Å². The zero-order valence-corrected chi connectivity index (χ0v) is 9.88. The van der Waals surface area contributed by atoms with E-state index >= 15 is 0 Å². The van der Waals surface area contributed by atoms with Gasteiger partial charge in [0.25, 0.3) is 0 Å². The first-order chi connectivity index (χ1) is 6.97. The van der Waals surface area contributed by atoms with E-state index in [0.717, 1.165) is 6.54 Å². The van der Waals surface area contributed by atoms with E-state index in [9.17, 15) is 4.79 Å². The Bertz CT molecular complexity index is 257. The zero-order chi connectivity index (χ0) is 11.1. The molecule has 2 fully saturated rings. The van der Waals surface area contributed by atoms with Gasteiger partial charge in [0.05, 0.1) is 0 Å². The lowest BCUT2D eigenvalue weighted by atomic mass is 9.94. The minimum absolute atomic E-state index is 0.0447. The molecule has 0 spiro atoms. The molecule has 0 aromatic carbocycles. The van der Waals surface area contributed by atoms with Gasteiger partial charge in [0.15, 0.2) is 0 Å². The quantitative estimate of drug-likeness (QED) is 0.671. The highest BCUT2D eigenvalue weighted by Crippen LogP contribution is 2.38. The van der Waals surface area contributed by atoms with Gasteiger partial charge in [-0.3, -0.25) is 4.79 Å². The summed E-state index contributed by atoms with van der Waals surface area (Å²) in [5.74, 6) is 1.18. The maximum Gasteiger partial charge on any atom is 0.323 e. The second-order valence-corrected chi connectivity index (χ2v) is 5.77. The van der Waals surface area contributed by atoms with Crippen LogP contribution >= 0.6 is 0 Å². The fraction of sp³-hybridized carbons (Fsp3) is 0.917. The molecule has 1 saturated carbocycles. The van der Waals surface area contributed by atoms with E-state index in [1.54, 1.807) is 0 Å². The minimum Gasteiger partial charge on any atom is -0.459 e. The number of ether oxygens (including phenoxy) is 1. The number of hydrogen-bond donors (Lipinski definition) is 1. The number of rotatable bonds is 1. The van der Waals surface area contributed by atoms with Crippen LogP contribution in [0.15, 0.2) is 0 Å². The third-order valence-electron chi connectivity index (χ3n) is 3.41. The maximum absolute atomic E-state index is 11.9. The predicted octanol–water partition coefficient (Wildman–Crippen LogP) is 1.72. The number of carbonyl (C=O) groups excluding carboxylic acids is 1. The molecule has 1 heterocycles. The fourth-order valence-electron chi connectivity index (χ4n) is 2.81. The van der Waals surface area contributed by atoms with Crippen LogP contribution in [0.1, 0.15) is 40.0 Å². The lowest BCUT2D eigenvalue weighted by molar-refractivity contribution is -0.158. The Morgan fingerprint density at radius 1 is 1.33 bits per heavy atom. The van der Waals surface area contributed by atoms with Crippen molar-refractivity contribution in [3.8, 4) is 0 Å². The van der Waals surface area contributed by atoms with Crippen LogP contribution in [0.2, 0.25) is 0 Å². The van der Waals surface area contributed by atoms with Crippen LogP contribution in [-0.2, 0) is 9.53 Å². The molecule has 0 unspecified atom stereocenters. The van der Waals surface area contributed by atoms with Gasteiger partial charge in [0, 0.05) is 0 Å². The van der Waals surface area contributed by atoms with Crippen LogP contribution in [0.4, 0.5) is 0 Å². The van der Waals surface area contributed by atoms with Gasteiger partial charge in [-0.15, -0.1) is 0 Å². The number of esters is 1. The third-order valence-corrected chi connectivity index (χ3v) is 3.41. The standard InChI is InChI=1S/C12H21NO2/c1-12(2,3)15-11(14)10-9-6-4-5-8(9)7-13-10/h8-10,13H,4-7H2,1-3H3/t8-,9-,10-/m0/s1. The van der Waals surface area contributed by atoms with Gasteiger partial charge in [0.1, 0.15) is 11.6 Å². The smallest absolute Gasteiger partial charge is 0.323 e. The number of hydrogen-bond acceptors (Lipinski definition) is 3. The Morgan fingerprint density at radius 2 is 2.07 bits per heavy atom. The average Bonchev–Trinajstić information content (AvgIpc) is 2.57. The molecule has 0 aromatic heterocycles. The second kappa shape index (κ2) is 3.78. The summed E-state index contributed by atoms with van der Waals surface area (Å²) in [6.07, 6.45) is 3.73. The van der Waals surface area contributed by atoms with Gasteiger partial charge in [-0.2, -0.15) is 0 Å². The minimum atomic E-state index is -0.366. The molecule has 3 nitrogen and oxygen atoms in total. The summed E-state index contributed by atoms with van der Waals surface area (Å²) < 4.78 is 5.43. The molecule has 1 saturated heterocycles.